The number of hydrogen-bond acceptors (Lipinski definition) is 6. The van der Waals surface area contributed by atoms with Gasteiger partial charge in [0.15, 0.2) is 0 Å². The van der Waals surface area contributed by atoms with Gasteiger partial charge in [-0.05, 0) is 53.7 Å². The average Bonchev–Trinajstić information content (AvgIpc) is 3.10. The van der Waals surface area contributed by atoms with Crippen LogP contribution in [0.5, 0.6) is 5.75 Å². The molecule has 0 saturated carbocycles. The molecule has 0 spiro atoms. The molecule has 8 heteroatoms. The van der Waals surface area contributed by atoms with E-state index in [4.69, 9.17) is 4.74 Å². The number of nitrogens with zero attached hydrogens (tertiary/aromatic N) is 5. The molecular weight excluding hydrogens is 332 g/mol. The number of nitrogens with one attached hydrogen (secondary N) is 1. The van der Waals surface area contributed by atoms with Gasteiger partial charge in [-0.1, -0.05) is 0 Å². The Bertz CT molecular complexity index is 871. The maximum atomic E-state index is 12.1. The van der Waals surface area contributed by atoms with Crippen molar-refractivity contribution in [3.05, 3.63) is 48.5 Å². The van der Waals surface area contributed by atoms with Gasteiger partial charge < -0.3 is 15.0 Å². The van der Waals surface area contributed by atoms with E-state index in [2.05, 4.69) is 20.7 Å². The molecule has 0 unspecified atom stereocenters. The predicted molar refractivity (Wildman–Crippen MR) is 99.2 cm³/mol. The van der Waals surface area contributed by atoms with Crippen LogP contribution in [0.1, 0.15) is 0 Å². The highest BCUT2D eigenvalue weighted by Crippen LogP contribution is 2.18. The first-order valence-electron chi connectivity index (χ1n) is 8.04. The number of carbonyl (C=O) groups is 1. The molecule has 0 saturated heterocycles. The van der Waals surface area contributed by atoms with Crippen LogP contribution in [0.3, 0.4) is 0 Å². The number of carbonyl (C=O) groups excluding carboxylic acids is 1. The first kappa shape index (κ1) is 17.4. The number of amides is 1. The summed E-state index contributed by atoms with van der Waals surface area (Å²) >= 11 is 0. The van der Waals surface area contributed by atoms with Crippen LogP contribution in [0.15, 0.2) is 48.5 Å². The van der Waals surface area contributed by atoms with Crippen LogP contribution in [0.2, 0.25) is 0 Å². The molecule has 0 aliphatic carbocycles. The smallest absolute Gasteiger partial charge is 0.248 e. The van der Waals surface area contributed by atoms with Gasteiger partial charge in [-0.15, -0.1) is 10.2 Å². The second-order valence-corrected chi connectivity index (χ2v) is 5.86. The molecule has 3 aromatic rings. The lowest BCUT2D eigenvalue weighted by atomic mass is 10.2. The number of hydrogen-bond donors (Lipinski definition) is 1. The molecule has 3 rings (SSSR count). The van der Waals surface area contributed by atoms with Gasteiger partial charge in [0, 0.05) is 31.0 Å². The van der Waals surface area contributed by atoms with Crippen molar-refractivity contribution in [3.8, 4) is 17.1 Å². The van der Waals surface area contributed by atoms with Crippen LogP contribution in [-0.2, 0) is 11.3 Å². The largest absolute Gasteiger partial charge is 0.497 e. The fourth-order valence-corrected chi connectivity index (χ4v) is 2.34. The number of benzene rings is 2. The summed E-state index contributed by atoms with van der Waals surface area (Å²) in [6.45, 7) is -0.0190. The Hall–Kier alpha value is -3.42. The van der Waals surface area contributed by atoms with Crippen LogP contribution in [0, 0.1) is 0 Å². The summed E-state index contributed by atoms with van der Waals surface area (Å²) in [7, 11) is 5.55. The second kappa shape index (κ2) is 7.64. The summed E-state index contributed by atoms with van der Waals surface area (Å²) in [4.78, 5) is 15.4. The lowest BCUT2D eigenvalue weighted by molar-refractivity contribution is -0.117. The average molecular weight is 352 g/mol. The van der Waals surface area contributed by atoms with Crippen LogP contribution in [0.4, 0.5) is 11.4 Å². The summed E-state index contributed by atoms with van der Waals surface area (Å²) in [6.07, 6.45) is 0. The summed E-state index contributed by atoms with van der Waals surface area (Å²) in [5, 5.41) is 15.0. The fourth-order valence-electron chi connectivity index (χ4n) is 2.34. The molecule has 1 aromatic heterocycles. The molecule has 0 aliphatic rings. The molecule has 0 radical (unpaired) electrons. The van der Waals surface area contributed by atoms with Crippen LogP contribution in [-0.4, -0.2) is 47.3 Å². The molecule has 0 aliphatic heterocycles. The summed E-state index contributed by atoms with van der Waals surface area (Å²) in [5.41, 5.74) is 2.60. The van der Waals surface area contributed by atoms with Crippen LogP contribution < -0.4 is 15.0 Å². The van der Waals surface area contributed by atoms with Gasteiger partial charge in [0.05, 0.1) is 7.11 Å². The molecule has 26 heavy (non-hydrogen) atoms. The molecule has 134 valence electrons. The summed E-state index contributed by atoms with van der Waals surface area (Å²) in [5.74, 6) is 0.973. The molecule has 0 fully saturated rings. The Morgan fingerprint density at radius 3 is 2.42 bits per heavy atom. The molecule has 1 N–H and O–H groups in total. The van der Waals surface area contributed by atoms with Crippen molar-refractivity contribution in [1.82, 2.24) is 20.2 Å². The highest BCUT2D eigenvalue weighted by molar-refractivity contribution is 5.90. The Balaban J connectivity index is 1.62. The maximum Gasteiger partial charge on any atom is 0.248 e. The first-order chi connectivity index (χ1) is 12.5. The van der Waals surface area contributed by atoms with Crippen LogP contribution >= 0.6 is 0 Å². The minimum absolute atomic E-state index is 0.0190. The normalized spacial score (nSPS) is 10.4. The molecule has 1 heterocycles. The molecule has 0 atom stereocenters. The van der Waals surface area contributed by atoms with Gasteiger partial charge in [0.2, 0.25) is 11.7 Å². The molecule has 2 aromatic carbocycles. The number of ether oxygens (including phenoxy) is 1. The number of rotatable bonds is 6. The quantitative estimate of drug-likeness (QED) is 0.731. The van der Waals surface area contributed by atoms with E-state index < -0.39 is 0 Å². The lowest BCUT2D eigenvalue weighted by Crippen LogP contribution is -2.20. The lowest BCUT2D eigenvalue weighted by Gasteiger charge is -2.11. The third kappa shape index (κ3) is 4.15. The Kier molecular flexibility index (Phi) is 5.12. The van der Waals surface area contributed by atoms with Gasteiger partial charge >= 0.3 is 0 Å². The number of anilines is 2. The van der Waals surface area contributed by atoms with Crippen molar-refractivity contribution in [1.29, 1.82) is 0 Å². The third-order valence-corrected chi connectivity index (χ3v) is 3.75. The zero-order valence-corrected chi connectivity index (χ0v) is 14.9. The van der Waals surface area contributed by atoms with Gasteiger partial charge in [-0.2, -0.15) is 4.80 Å². The Morgan fingerprint density at radius 2 is 1.81 bits per heavy atom. The molecule has 8 nitrogen and oxygen atoms in total. The van der Waals surface area contributed by atoms with Gasteiger partial charge in [0.25, 0.3) is 0 Å². The predicted octanol–water partition coefficient (Wildman–Crippen LogP) is 2.05. The SMILES string of the molecule is COc1ccc(NC(=O)Cn2nnc(-c3ccc(N(C)C)cc3)n2)cc1. The number of tetrazole rings is 1. The van der Waals surface area contributed by atoms with E-state index in [0.29, 0.717) is 11.5 Å². The highest BCUT2D eigenvalue weighted by atomic mass is 16.5. The fraction of sp³-hybridized carbons (Fsp3) is 0.222. The second-order valence-electron chi connectivity index (χ2n) is 5.86. The summed E-state index contributed by atoms with van der Waals surface area (Å²) < 4.78 is 5.09. The van der Waals surface area contributed by atoms with E-state index in [0.717, 1.165) is 17.0 Å². The van der Waals surface area contributed by atoms with E-state index in [1.807, 2.05) is 43.3 Å². The standard InChI is InChI=1S/C18H20N6O2/c1-23(2)15-8-4-13(5-9-15)18-20-22-24(21-18)12-17(25)19-14-6-10-16(26-3)11-7-14/h4-11H,12H2,1-3H3,(H,19,25). The third-order valence-electron chi connectivity index (χ3n) is 3.75. The van der Waals surface area contributed by atoms with Crippen LogP contribution in [0.25, 0.3) is 11.4 Å². The van der Waals surface area contributed by atoms with Gasteiger partial charge in [-0.25, -0.2) is 0 Å². The van der Waals surface area contributed by atoms with Gasteiger partial charge in [-0.3, -0.25) is 4.79 Å². The van der Waals surface area contributed by atoms with Crippen molar-refractivity contribution >= 4 is 17.3 Å². The van der Waals surface area contributed by atoms with Crippen molar-refractivity contribution < 1.29 is 9.53 Å². The maximum absolute atomic E-state index is 12.1. The van der Waals surface area contributed by atoms with E-state index in [1.54, 1.807) is 31.4 Å². The minimum Gasteiger partial charge on any atom is -0.497 e. The van der Waals surface area contributed by atoms with E-state index in [1.165, 1.54) is 4.80 Å². The van der Waals surface area contributed by atoms with Crippen molar-refractivity contribution in [2.75, 3.05) is 31.4 Å². The molecule has 0 bridgehead atoms. The van der Waals surface area contributed by atoms with E-state index in [9.17, 15) is 4.79 Å². The van der Waals surface area contributed by atoms with Crippen molar-refractivity contribution in [3.63, 3.8) is 0 Å². The van der Waals surface area contributed by atoms with Crippen molar-refractivity contribution in [2.24, 2.45) is 0 Å². The number of aromatic nitrogens is 4. The topological polar surface area (TPSA) is 85.2 Å². The Morgan fingerprint density at radius 1 is 1.12 bits per heavy atom. The Labute approximate surface area is 151 Å². The minimum atomic E-state index is -0.234. The van der Waals surface area contributed by atoms with Crippen molar-refractivity contribution in [2.45, 2.75) is 6.54 Å². The van der Waals surface area contributed by atoms with E-state index in [-0.39, 0.29) is 12.5 Å². The zero-order valence-electron chi connectivity index (χ0n) is 14.9. The van der Waals surface area contributed by atoms with Gasteiger partial charge in [0.1, 0.15) is 12.3 Å². The monoisotopic (exact) mass is 352 g/mol. The zero-order chi connectivity index (χ0) is 18.5. The number of methoxy groups -OCH3 is 1. The highest BCUT2D eigenvalue weighted by Gasteiger charge is 2.10. The summed E-state index contributed by atoms with van der Waals surface area (Å²) in [6, 6.07) is 14.9. The first-order valence-corrected chi connectivity index (χ1v) is 8.04. The van der Waals surface area contributed by atoms with E-state index >= 15 is 0 Å². The molecule has 1 amide bonds. The molecular formula is C18H20N6O2.